The van der Waals surface area contributed by atoms with Crippen molar-refractivity contribution in [2.45, 2.75) is 39.0 Å². The van der Waals surface area contributed by atoms with Crippen molar-refractivity contribution in [2.24, 2.45) is 0 Å². The third-order valence-corrected chi connectivity index (χ3v) is 2.52. The Morgan fingerprint density at radius 1 is 1.38 bits per heavy atom. The van der Waals surface area contributed by atoms with Gasteiger partial charge in [-0.05, 0) is 25.0 Å². The number of halogens is 1. The van der Waals surface area contributed by atoms with E-state index in [9.17, 15) is 0 Å². The maximum atomic E-state index is 5.77. The van der Waals surface area contributed by atoms with Crippen LogP contribution in [0.2, 0.25) is 5.02 Å². The highest BCUT2D eigenvalue weighted by Gasteiger charge is 2.08. The zero-order valence-electron chi connectivity index (χ0n) is 8.26. The number of hydrogen-bond acceptors (Lipinski definition) is 1. The lowest BCUT2D eigenvalue weighted by Gasteiger charge is -2.12. The summed E-state index contributed by atoms with van der Waals surface area (Å²) >= 11 is 5.77. The Hall–Kier alpha value is -0.560. The standard InChI is InChI=1S/C11H16ClN/c1-3-5-9(4-2)11-7-6-10(12)8-13-11/h6-9H,3-5H2,1-2H3. The molecule has 0 aliphatic carbocycles. The van der Waals surface area contributed by atoms with Gasteiger partial charge in [0.2, 0.25) is 0 Å². The molecular weight excluding hydrogens is 182 g/mol. The number of nitrogens with zero attached hydrogens (tertiary/aromatic N) is 1. The molecular formula is C11H16ClN. The molecule has 0 aliphatic heterocycles. The Morgan fingerprint density at radius 2 is 2.15 bits per heavy atom. The van der Waals surface area contributed by atoms with E-state index in [1.54, 1.807) is 6.20 Å². The van der Waals surface area contributed by atoms with Crippen molar-refractivity contribution in [3.05, 3.63) is 29.0 Å². The number of hydrogen-bond donors (Lipinski definition) is 0. The molecule has 0 fully saturated rings. The van der Waals surface area contributed by atoms with Crippen LogP contribution < -0.4 is 0 Å². The van der Waals surface area contributed by atoms with Gasteiger partial charge in [0.1, 0.15) is 0 Å². The van der Waals surface area contributed by atoms with Crippen molar-refractivity contribution in [1.82, 2.24) is 4.98 Å². The summed E-state index contributed by atoms with van der Waals surface area (Å²) in [6.45, 7) is 4.41. The van der Waals surface area contributed by atoms with Crippen LogP contribution in [0.4, 0.5) is 0 Å². The van der Waals surface area contributed by atoms with Gasteiger partial charge in [0, 0.05) is 17.8 Å². The molecule has 13 heavy (non-hydrogen) atoms. The van der Waals surface area contributed by atoms with Crippen molar-refractivity contribution in [3.63, 3.8) is 0 Å². The topological polar surface area (TPSA) is 12.9 Å². The van der Waals surface area contributed by atoms with E-state index in [0.29, 0.717) is 5.92 Å². The second-order valence-electron chi connectivity index (χ2n) is 3.30. The predicted molar refractivity (Wildman–Crippen MR) is 57.2 cm³/mol. The second kappa shape index (κ2) is 5.23. The zero-order valence-corrected chi connectivity index (χ0v) is 9.01. The first-order valence-electron chi connectivity index (χ1n) is 4.89. The molecule has 0 radical (unpaired) electrons. The van der Waals surface area contributed by atoms with Crippen LogP contribution >= 0.6 is 11.6 Å². The van der Waals surface area contributed by atoms with Gasteiger partial charge in [-0.25, -0.2) is 0 Å². The third kappa shape index (κ3) is 3.00. The van der Waals surface area contributed by atoms with Crippen molar-refractivity contribution in [2.75, 3.05) is 0 Å². The summed E-state index contributed by atoms with van der Waals surface area (Å²) in [7, 11) is 0. The van der Waals surface area contributed by atoms with Crippen molar-refractivity contribution < 1.29 is 0 Å². The van der Waals surface area contributed by atoms with Crippen molar-refractivity contribution in [3.8, 4) is 0 Å². The summed E-state index contributed by atoms with van der Waals surface area (Å²) in [5.41, 5.74) is 1.17. The van der Waals surface area contributed by atoms with Crippen LogP contribution in [0.25, 0.3) is 0 Å². The van der Waals surface area contributed by atoms with Gasteiger partial charge in [0.15, 0.2) is 0 Å². The molecule has 1 atom stereocenters. The van der Waals surface area contributed by atoms with Gasteiger partial charge in [0.05, 0.1) is 5.02 Å². The fourth-order valence-electron chi connectivity index (χ4n) is 1.54. The minimum Gasteiger partial charge on any atom is -0.259 e. The largest absolute Gasteiger partial charge is 0.259 e. The molecule has 0 bridgehead atoms. The van der Waals surface area contributed by atoms with E-state index in [1.165, 1.54) is 18.5 Å². The van der Waals surface area contributed by atoms with E-state index in [1.807, 2.05) is 12.1 Å². The van der Waals surface area contributed by atoms with Crippen LogP contribution in [0.5, 0.6) is 0 Å². The molecule has 1 aromatic rings. The Kier molecular flexibility index (Phi) is 4.23. The SMILES string of the molecule is CCCC(CC)c1ccc(Cl)cn1. The molecule has 1 aromatic heterocycles. The molecule has 0 aliphatic rings. The zero-order chi connectivity index (χ0) is 9.68. The van der Waals surface area contributed by atoms with Crippen LogP contribution in [-0.4, -0.2) is 4.98 Å². The molecule has 0 N–H and O–H groups in total. The molecule has 2 heteroatoms. The molecule has 1 unspecified atom stereocenters. The molecule has 1 nitrogen and oxygen atoms in total. The lowest BCUT2D eigenvalue weighted by Crippen LogP contribution is -1.99. The average molecular weight is 198 g/mol. The summed E-state index contributed by atoms with van der Waals surface area (Å²) in [5, 5.41) is 0.718. The highest BCUT2D eigenvalue weighted by molar-refractivity contribution is 6.30. The minimum absolute atomic E-state index is 0.599. The van der Waals surface area contributed by atoms with Gasteiger partial charge in [-0.1, -0.05) is 31.9 Å². The Labute approximate surface area is 85.1 Å². The molecule has 1 heterocycles. The van der Waals surface area contributed by atoms with Crippen molar-refractivity contribution in [1.29, 1.82) is 0 Å². The van der Waals surface area contributed by atoms with E-state index < -0.39 is 0 Å². The molecule has 0 saturated heterocycles. The average Bonchev–Trinajstić information content (AvgIpc) is 2.16. The molecule has 72 valence electrons. The lowest BCUT2D eigenvalue weighted by molar-refractivity contribution is 0.581. The number of aromatic nitrogens is 1. The molecule has 0 amide bonds. The molecule has 1 rings (SSSR count). The fourth-order valence-corrected chi connectivity index (χ4v) is 1.65. The smallest absolute Gasteiger partial charge is 0.0589 e. The summed E-state index contributed by atoms with van der Waals surface area (Å²) in [6, 6.07) is 3.95. The highest BCUT2D eigenvalue weighted by atomic mass is 35.5. The van der Waals surface area contributed by atoms with E-state index in [0.717, 1.165) is 11.4 Å². The second-order valence-corrected chi connectivity index (χ2v) is 3.73. The molecule has 0 spiro atoms. The maximum Gasteiger partial charge on any atom is 0.0589 e. The normalized spacial score (nSPS) is 12.8. The van der Waals surface area contributed by atoms with Crippen LogP contribution in [0.1, 0.15) is 44.7 Å². The van der Waals surface area contributed by atoms with E-state index in [-0.39, 0.29) is 0 Å². The van der Waals surface area contributed by atoms with Gasteiger partial charge < -0.3 is 0 Å². The first kappa shape index (κ1) is 10.5. The van der Waals surface area contributed by atoms with Gasteiger partial charge in [-0.15, -0.1) is 0 Å². The van der Waals surface area contributed by atoms with E-state index in [2.05, 4.69) is 18.8 Å². The highest BCUT2D eigenvalue weighted by Crippen LogP contribution is 2.23. The predicted octanol–water partition coefficient (Wildman–Crippen LogP) is 4.03. The molecule has 0 saturated carbocycles. The lowest BCUT2D eigenvalue weighted by atomic mass is 9.96. The monoisotopic (exact) mass is 197 g/mol. The minimum atomic E-state index is 0.599. The van der Waals surface area contributed by atoms with E-state index >= 15 is 0 Å². The van der Waals surface area contributed by atoms with Gasteiger partial charge in [-0.3, -0.25) is 4.98 Å². The summed E-state index contributed by atoms with van der Waals surface area (Å²) < 4.78 is 0. The quantitative estimate of drug-likeness (QED) is 0.710. The Bertz CT molecular complexity index is 243. The van der Waals surface area contributed by atoms with Crippen LogP contribution in [0.3, 0.4) is 0 Å². The Balaban J connectivity index is 2.73. The number of rotatable bonds is 4. The van der Waals surface area contributed by atoms with Gasteiger partial charge >= 0.3 is 0 Å². The third-order valence-electron chi connectivity index (χ3n) is 2.30. The number of pyridine rings is 1. The van der Waals surface area contributed by atoms with Crippen LogP contribution in [0.15, 0.2) is 18.3 Å². The van der Waals surface area contributed by atoms with Crippen molar-refractivity contribution >= 4 is 11.6 Å². The summed E-state index contributed by atoms with van der Waals surface area (Å²) in [5.74, 6) is 0.599. The van der Waals surface area contributed by atoms with Gasteiger partial charge in [0.25, 0.3) is 0 Å². The maximum absolute atomic E-state index is 5.77. The van der Waals surface area contributed by atoms with E-state index in [4.69, 9.17) is 11.6 Å². The molecule has 0 aromatic carbocycles. The Morgan fingerprint density at radius 3 is 2.62 bits per heavy atom. The summed E-state index contributed by atoms with van der Waals surface area (Å²) in [4.78, 5) is 4.34. The first-order valence-corrected chi connectivity index (χ1v) is 5.27. The van der Waals surface area contributed by atoms with Gasteiger partial charge in [-0.2, -0.15) is 0 Å². The summed E-state index contributed by atoms with van der Waals surface area (Å²) in [6.07, 6.45) is 5.31. The van der Waals surface area contributed by atoms with Crippen LogP contribution in [-0.2, 0) is 0 Å². The fraction of sp³-hybridized carbons (Fsp3) is 0.545. The van der Waals surface area contributed by atoms with Crippen LogP contribution in [0, 0.1) is 0 Å². The first-order chi connectivity index (χ1) is 6.27.